The minimum atomic E-state index is -0.773. The highest BCUT2D eigenvalue weighted by Gasteiger charge is 2.19. The zero-order valence-electron chi connectivity index (χ0n) is 48.0. The molecule has 6 nitrogen and oxygen atoms in total. The Morgan fingerprint density at radius 2 is 0.465 bits per heavy atom. The maximum atomic E-state index is 12.9. The summed E-state index contributed by atoms with van der Waals surface area (Å²) in [6.45, 7) is 6.69. The average molecular weight is 1000 g/mol. The number of carbonyl (C=O) groups excluding carboxylic acids is 3. The van der Waals surface area contributed by atoms with E-state index in [2.05, 4.69) is 45.1 Å². The number of hydrogen-bond acceptors (Lipinski definition) is 6. The third-order valence-electron chi connectivity index (χ3n) is 14.4. The molecule has 0 N–H and O–H groups in total. The molecule has 0 saturated carbocycles. The molecule has 0 radical (unpaired) electrons. The molecule has 0 aliphatic rings. The second-order valence-corrected chi connectivity index (χ2v) is 21.7. The van der Waals surface area contributed by atoms with E-state index in [-0.39, 0.29) is 31.1 Å². The molecule has 0 aromatic heterocycles. The first-order chi connectivity index (χ1) is 35.0. The molecule has 0 amide bonds. The summed E-state index contributed by atoms with van der Waals surface area (Å²) < 4.78 is 16.9. The van der Waals surface area contributed by atoms with Gasteiger partial charge in [-0.3, -0.25) is 14.4 Å². The first kappa shape index (κ1) is 68.9. The van der Waals surface area contributed by atoms with Gasteiger partial charge in [-0.2, -0.15) is 0 Å². The molecule has 1 unspecified atom stereocenters. The van der Waals surface area contributed by atoms with Crippen molar-refractivity contribution in [3.8, 4) is 0 Å². The monoisotopic (exact) mass is 999 g/mol. The van der Waals surface area contributed by atoms with Gasteiger partial charge < -0.3 is 14.2 Å². The van der Waals surface area contributed by atoms with Gasteiger partial charge in [0.25, 0.3) is 0 Å². The predicted octanol–water partition coefficient (Wildman–Crippen LogP) is 21.4. The number of ether oxygens (including phenoxy) is 3. The zero-order chi connectivity index (χ0) is 51.4. The van der Waals surface area contributed by atoms with Gasteiger partial charge in [0.05, 0.1) is 0 Å². The summed E-state index contributed by atoms with van der Waals surface area (Å²) in [5.74, 6) is -0.857. The number of hydrogen-bond donors (Lipinski definition) is 0. The van der Waals surface area contributed by atoms with E-state index in [1.54, 1.807) is 0 Å². The van der Waals surface area contributed by atoms with Crippen molar-refractivity contribution in [2.45, 2.75) is 361 Å². The molecular formula is C65H122O6. The van der Waals surface area contributed by atoms with Crippen LogP contribution in [0.5, 0.6) is 0 Å². The Hall–Kier alpha value is -2.11. The van der Waals surface area contributed by atoms with Gasteiger partial charge in [0, 0.05) is 19.3 Å². The molecule has 0 saturated heterocycles. The highest BCUT2D eigenvalue weighted by atomic mass is 16.6. The highest BCUT2D eigenvalue weighted by Crippen LogP contribution is 2.17. The van der Waals surface area contributed by atoms with Crippen molar-refractivity contribution in [2.24, 2.45) is 0 Å². The first-order valence-corrected chi connectivity index (χ1v) is 31.8. The highest BCUT2D eigenvalue weighted by molar-refractivity contribution is 5.71. The molecule has 0 fully saturated rings. The van der Waals surface area contributed by atoms with Crippen molar-refractivity contribution in [1.29, 1.82) is 0 Å². The van der Waals surface area contributed by atoms with Gasteiger partial charge in [0.2, 0.25) is 0 Å². The number of allylic oxidation sites excluding steroid dienone is 4. The largest absolute Gasteiger partial charge is 0.462 e. The van der Waals surface area contributed by atoms with Crippen LogP contribution in [0.25, 0.3) is 0 Å². The lowest BCUT2D eigenvalue weighted by molar-refractivity contribution is -0.167. The molecule has 1 atom stereocenters. The fraction of sp³-hybridized carbons (Fsp3) is 0.892. The van der Waals surface area contributed by atoms with Gasteiger partial charge in [-0.1, -0.05) is 289 Å². The number of esters is 3. The van der Waals surface area contributed by atoms with E-state index in [1.165, 1.54) is 250 Å². The SMILES string of the molecule is CCCCCCCC/C=C\CCCCCCCCCC(=O)OCC(COC(=O)CCCCCCC/C=C\CCCCCCCCCCC)OC(=O)CCCCCCCCCCCCCCCCCCCC. The first-order valence-electron chi connectivity index (χ1n) is 31.8. The van der Waals surface area contributed by atoms with Crippen molar-refractivity contribution < 1.29 is 28.6 Å². The smallest absolute Gasteiger partial charge is 0.306 e. The van der Waals surface area contributed by atoms with Gasteiger partial charge in [-0.05, 0) is 70.6 Å². The minimum absolute atomic E-state index is 0.0714. The van der Waals surface area contributed by atoms with Crippen molar-refractivity contribution in [2.75, 3.05) is 13.2 Å². The summed E-state index contributed by atoms with van der Waals surface area (Å²) in [5, 5.41) is 0. The lowest BCUT2D eigenvalue weighted by Gasteiger charge is -2.18. The van der Waals surface area contributed by atoms with E-state index in [9.17, 15) is 14.4 Å². The molecule has 0 aromatic carbocycles. The Balaban J connectivity index is 4.34. The fourth-order valence-electron chi connectivity index (χ4n) is 9.61. The van der Waals surface area contributed by atoms with Gasteiger partial charge in [0.15, 0.2) is 6.10 Å². The molecule has 0 heterocycles. The third-order valence-corrected chi connectivity index (χ3v) is 14.4. The summed E-state index contributed by atoms with van der Waals surface area (Å²) in [6.07, 6.45) is 71.8. The van der Waals surface area contributed by atoms with Crippen LogP contribution in [0.4, 0.5) is 0 Å². The van der Waals surface area contributed by atoms with Crippen LogP contribution in [0.3, 0.4) is 0 Å². The van der Waals surface area contributed by atoms with Crippen LogP contribution >= 0.6 is 0 Å². The zero-order valence-corrected chi connectivity index (χ0v) is 48.0. The second-order valence-electron chi connectivity index (χ2n) is 21.7. The lowest BCUT2D eigenvalue weighted by atomic mass is 10.0. The molecular weight excluding hydrogens is 877 g/mol. The molecule has 0 aromatic rings. The topological polar surface area (TPSA) is 78.9 Å². The van der Waals surface area contributed by atoms with Crippen molar-refractivity contribution in [1.82, 2.24) is 0 Å². The predicted molar refractivity (Wildman–Crippen MR) is 307 cm³/mol. The van der Waals surface area contributed by atoms with E-state index in [1.807, 2.05) is 0 Å². The molecule has 6 heteroatoms. The van der Waals surface area contributed by atoms with E-state index in [4.69, 9.17) is 14.2 Å². The number of carbonyl (C=O) groups is 3. The molecule has 0 aliphatic heterocycles. The Morgan fingerprint density at radius 1 is 0.268 bits per heavy atom. The maximum Gasteiger partial charge on any atom is 0.306 e. The average Bonchev–Trinajstić information content (AvgIpc) is 3.37. The quantitative estimate of drug-likeness (QED) is 0.0261. The molecule has 0 spiro atoms. The Bertz CT molecular complexity index is 1150. The third kappa shape index (κ3) is 58.7. The number of rotatable bonds is 59. The summed E-state index contributed by atoms with van der Waals surface area (Å²) in [6, 6.07) is 0. The van der Waals surface area contributed by atoms with E-state index in [0.717, 1.165) is 64.2 Å². The van der Waals surface area contributed by atoms with Gasteiger partial charge in [0.1, 0.15) is 13.2 Å². The molecule has 0 aliphatic carbocycles. The van der Waals surface area contributed by atoms with E-state index < -0.39 is 6.10 Å². The van der Waals surface area contributed by atoms with Gasteiger partial charge in [-0.15, -0.1) is 0 Å². The minimum Gasteiger partial charge on any atom is -0.462 e. The standard InChI is InChI=1S/C65H122O6/c1-4-7-10-13-16-19-22-25-28-31-34-37-40-43-46-49-52-55-58-64(67)70-61-62(60-69-63(66)57-54-51-48-45-42-39-36-33-30-27-24-21-18-15-12-9-6-3)71-65(68)59-56-53-50-47-44-41-38-35-32-29-26-23-20-17-14-11-8-5-2/h27,30,34,37,62H,4-26,28-29,31-33,35-36,38-61H2,1-3H3/b30-27-,37-34-. The van der Waals surface area contributed by atoms with Crippen LogP contribution in [0.2, 0.25) is 0 Å². The number of unbranched alkanes of at least 4 members (excludes halogenated alkanes) is 44. The van der Waals surface area contributed by atoms with E-state index in [0.29, 0.717) is 19.3 Å². The molecule has 0 rings (SSSR count). The van der Waals surface area contributed by atoms with Crippen LogP contribution in [0, 0.1) is 0 Å². The van der Waals surface area contributed by atoms with Crippen LogP contribution < -0.4 is 0 Å². The maximum absolute atomic E-state index is 12.9. The summed E-state index contributed by atoms with van der Waals surface area (Å²) in [5.41, 5.74) is 0. The van der Waals surface area contributed by atoms with Gasteiger partial charge in [-0.25, -0.2) is 0 Å². The second kappa shape index (κ2) is 60.4. The Kier molecular flexibility index (Phi) is 58.6. The van der Waals surface area contributed by atoms with Crippen molar-refractivity contribution >= 4 is 17.9 Å². The van der Waals surface area contributed by atoms with Crippen LogP contribution in [-0.2, 0) is 28.6 Å². The van der Waals surface area contributed by atoms with Crippen molar-refractivity contribution in [3.63, 3.8) is 0 Å². The Labute approximate surface area is 443 Å². The fourth-order valence-corrected chi connectivity index (χ4v) is 9.61. The lowest BCUT2D eigenvalue weighted by Crippen LogP contribution is -2.30. The Morgan fingerprint density at radius 3 is 0.704 bits per heavy atom. The summed E-state index contributed by atoms with van der Waals surface area (Å²) in [4.78, 5) is 38.3. The van der Waals surface area contributed by atoms with Crippen LogP contribution in [0.15, 0.2) is 24.3 Å². The molecule has 71 heavy (non-hydrogen) atoms. The summed E-state index contributed by atoms with van der Waals surface area (Å²) >= 11 is 0. The normalized spacial score (nSPS) is 12.1. The van der Waals surface area contributed by atoms with Gasteiger partial charge >= 0.3 is 17.9 Å². The summed E-state index contributed by atoms with van der Waals surface area (Å²) in [7, 11) is 0. The van der Waals surface area contributed by atoms with Crippen molar-refractivity contribution in [3.05, 3.63) is 24.3 Å². The van der Waals surface area contributed by atoms with Crippen LogP contribution in [0.1, 0.15) is 355 Å². The molecule has 0 bridgehead atoms. The van der Waals surface area contributed by atoms with Crippen LogP contribution in [-0.4, -0.2) is 37.2 Å². The van der Waals surface area contributed by atoms with E-state index >= 15 is 0 Å². The molecule has 418 valence electrons.